The fraction of sp³-hybridized carbons (Fsp3) is 0.400. The average molecular weight is 222 g/mol. The Morgan fingerprint density at radius 3 is 3.07 bits per heavy atom. The number of nitrogens with zero attached hydrogens (tertiary/aromatic N) is 3. The van der Waals surface area contributed by atoms with Crippen LogP contribution in [0.25, 0.3) is 10.7 Å². The summed E-state index contributed by atoms with van der Waals surface area (Å²) in [5, 5.41) is 4.16. The Morgan fingerprint density at radius 2 is 2.33 bits per heavy atom. The predicted octanol–water partition coefficient (Wildman–Crippen LogP) is 1.75. The van der Waals surface area contributed by atoms with Gasteiger partial charge in [-0.2, -0.15) is 0 Å². The van der Waals surface area contributed by atoms with Crippen molar-refractivity contribution in [3.8, 4) is 10.7 Å². The van der Waals surface area contributed by atoms with Crippen LogP contribution in [0.15, 0.2) is 18.7 Å². The standard InChI is InChI=1S/C10H14N4S/c1-3-14-7-12-6-9(14)10-13-5-8(15-10)4-11-2/h5-7,11H,3-4H2,1-2H3. The SMILES string of the molecule is CCn1cncc1-c1ncc(CNC)s1. The van der Waals surface area contributed by atoms with Gasteiger partial charge in [0, 0.05) is 24.2 Å². The van der Waals surface area contributed by atoms with Crippen LogP contribution in [0.4, 0.5) is 0 Å². The number of aryl methyl sites for hydroxylation is 1. The molecule has 0 radical (unpaired) electrons. The lowest BCUT2D eigenvalue weighted by atomic mass is 10.5. The van der Waals surface area contributed by atoms with Crippen LogP contribution in [0.5, 0.6) is 0 Å². The van der Waals surface area contributed by atoms with Crippen LogP contribution in [-0.4, -0.2) is 21.6 Å². The largest absolute Gasteiger partial charge is 0.329 e. The highest BCUT2D eigenvalue weighted by atomic mass is 32.1. The summed E-state index contributed by atoms with van der Waals surface area (Å²) in [5.74, 6) is 0. The quantitative estimate of drug-likeness (QED) is 0.857. The molecule has 0 saturated heterocycles. The van der Waals surface area contributed by atoms with Gasteiger partial charge >= 0.3 is 0 Å². The minimum atomic E-state index is 0.873. The van der Waals surface area contributed by atoms with Crippen LogP contribution in [0.3, 0.4) is 0 Å². The zero-order valence-corrected chi connectivity index (χ0v) is 9.71. The van der Waals surface area contributed by atoms with E-state index in [1.54, 1.807) is 11.3 Å². The molecular formula is C10H14N4S. The van der Waals surface area contributed by atoms with Crippen molar-refractivity contribution in [2.45, 2.75) is 20.0 Å². The molecule has 80 valence electrons. The molecule has 2 aromatic heterocycles. The van der Waals surface area contributed by atoms with E-state index in [9.17, 15) is 0 Å². The van der Waals surface area contributed by atoms with Crippen molar-refractivity contribution >= 4 is 11.3 Å². The van der Waals surface area contributed by atoms with Crippen LogP contribution >= 0.6 is 11.3 Å². The fourth-order valence-corrected chi connectivity index (χ4v) is 2.38. The summed E-state index contributed by atoms with van der Waals surface area (Å²) in [4.78, 5) is 9.79. The number of hydrogen-bond donors (Lipinski definition) is 1. The third-order valence-electron chi connectivity index (χ3n) is 2.18. The van der Waals surface area contributed by atoms with Crippen LogP contribution in [0.2, 0.25) is 0 Å². The number of nitrogens with one attached hydrogen (secondary N) is 1. The maximum absolute atomic E-state index is 4.40. The molecule has 0 aromatic carbocycles. The van der Waals surface area contributed by atoms with Crippen molar-refractivity contribution in [3.63, 3.8) is 0 Å². The normalized spacial score (nSPS) is 10.8. The first kappa shape index (κ1) is 10.3. The van der Waals surface area contributed by atoms with Gasteiger partial charge in [-0.25, -0.2) is 9.97 Å². The molecule has 0 spiro atoms. The van der Waals surface area contributed by atoms with Gasteiger partial charge in [-0.3, -0.25) is 0 Å². The summed E-state index contributed by atoms with van der Waals surface area (Å²) in [6.45, 7) is 3.90. The van der Waals surface area contributed by atoms with Crippen molar-refractivity contribution in [1.82, 2.24) is 19.9 Å². The van der Waals surface area contributed by atoms with Gasteiger partial charge in [0.05, 0.1) is 18.2 Å². The maximum atomic E-state index is 4.40. The molecule has 0 fully saturated rings. The summed E-state index contributed by atoms with van der Waals surface area (Å²) < 4.78 is 2.10. The van der Waals surface area contributed by atoms with Crippen molar-refractivity contribution in [2.24, 2.45) is 0 Å². The Labute approximate surface area is 93.0 Å². The zero-order chi connectivity index (χ0) is 10.7. The molecule has 0 saturated carbocycles. The summed E-state index contributed by atoms with van der Waals surface area (Å²) >= 11 is 1.71. The summed E-state index contributed by atoms with van der Waals surface area (Å²) in [7, 11) is 1.94. The van der Waals surface area contributed by atoms with Gasteiger partial charge < -0.3 is 9.88 Å². The minimum absolute atomic E-state index is 0.873. The maximum Gasteiger partial charge on any atom is 0.141 e. The van der Waals surface area contributed by atoms with Crippen LogP contribution < -0.4 is 5.32 Å². The van der Waals surface area contributed by atoms with Crippen LogP contribution in [0, 0.1) is 0 Å². The molecule has 0 aliphatic rings. The molecule has 0 bridgehead atoms. The molecule has 4 nitrogen and oxygen atoms in total. The van der Waals surface area contributed by atoms with E-state index >= 15 is 0 Å². The smallest absolute Gasteiger partial charge is 0.141 e. The summed E-state index contributed by atoms with van der Waals surface area (Å²) in [6.07, 6.45) is 5.63. The highest BCUT2D eigenvalue weighted by molar-refractivity contribution is 7.15. The van der Waals surface area contributed by atoms with Gasteiger partial charge in [0.1, 0.15) is 5.01 Å². The lowest BCUT2D eigenvalue weighted by Crippen LogP contribution is -2.02. The Bertz CT molecular complexity index is 432. The molecule has 0 unspecified atom stereocenters. The van der Waals surface area contributed by atoms with Crippen molar-refractivity contribution < 1.29 is 0 Å². The lowest BCUT2D eigenvalue weighted by Gasteiger charge is -2.00. The molecule has 2 rings (SSSR count). The number of hydrogen-bond acceptors (Lipinski definition) is 4. The Kier molecular flexibility index (Phi) is 3.13. The Hall–Kier alpha value is -1.20. The first-order valence-electron chi connectivity index (χ1n) is 4.95. The van der Waals surface area contributed by atoms with E-state index in [0.29, 0.717) is 0 Å². The number of aromatic nitrogens is 3. The summed E-state index contributed by atoms with van der Waals surface area (Å²) in [5.41, 5.74) is 1.10. The second kappa shape index (κ2) is 4.55. The van der Waals surface area contributed by atoms with E-state index in [4.69, 9.17) is 0 Å². The van der Waals surface area contributed by atoms with E-state index in [1.807, 2.05) is 25.8 Å². The topological polar surface area (TPSA) is 42.7 Å². The van der Waals surface area contributed by atoms with Crippen molar-refractivity contribution in [1.29, 1.82) is 0 Å². The van der Waals surface area contributed by atoms with Gasteiger partial charge in [-0.05, 0) is 14.0 Å². The molecular weight excluding hydrogens is 208 g/mol. The van der Waals surface area contributed by atoms with Crippen LogP contribution in [-0.2, 0) is 13.1 Å². The van der Waals surface area contributed by atoms with E-state index in [1.165, 1.54) is 4.88 Å². The third-order valence-corrected chi connectivity index (χ3v) is 3.20. The number of imidazole rings is 1. The molecule has 2 heterocycles. The molecule has 5 heteroatoms. The monoisotopic (exact) mass is 222 g/mol. The Morgan fingerprint density at radius 1 is 1.47 bits per heavy atom. The third kappa shape index (κ3) is 2.08. The van der Waals surface area contributed by atoms with E-state index in [2.05, 4.69) is 26.8 Å². The second-order valence-electron chi connectivity index (χ2n) is 3.23. The number of thiazole rings is 1. The minimum Gasteiger partial charge on any atom is -0.329 e. The molecule has 0 amide bonds. The van der Waals surface area contributed by atoms with Gasteiger partial charge in [0.2, 0.25) is 0 Å². The summed E-state index contributed by atoms with van der Waals surface area (Å²) in [6, 6.07) is 0. The number of rotatable bonds is 4. The predicted molar refractivity (Wildman–Crippen MR) is 61.8 cm³/mol. The molecule has 0 aliphatic heterocycles. The highest BCUT2D eigenvalue weighted by Crippen LogP contribution is 2.24. The van der Waals surface area contributed by atoms with Crippen molar-refractivity contribution in [2.75, 3.05) is 7.05 Å². The molecule has 0 aliphatic carbocycles. The first-order chi connectivity index (χ1) is 7.35. The van der Waals surface area contributed by atoms with Crippen molar-refractivity contribution in [3.05, 3.63) is 23.6 Å². The molecule has 2 aromatic rings. The van der Waals surface area contributed by atoms with Gasteiger partial charge in [0.25, 0.3) is 0 Å². The van der Waals surface area contributed by atoms with Gasteiger partial charge in [0.15, 0.2) is 0 Å². The zero-order valence-electron chi connectivity index (χ0n) is 8.90. The van der Waals surface area contributed by atoms with E-state index in [0.717, 1.165) is 23.8 Å². The van der Waals surface area contributed by atoms with E-state index < -0.39 is 0 Å². The molecule has 0 atom stereocenters. The Balaban J connectivity index is 2.28. The van der Waals surface area contributed by atoms with Crippen LogP contribution in [0.1, 0.15) is 11.8 Å². The average Bonchev–Trinajstić information content (AvgIpc) is 2.84. The highest BCUT2D eigenvalue weighted by Gasteiger charge is 2.08. The molecule has 1 N–H and O–H groups in total. The van der Waals surface area contributed by atoms with Gasteiger partial charge in [-0.1, -0.05) is 0 Å². The first-order valence-corrected chi connectivity index (χ1v) is 5.76. The lowest BCUT2D eigenvalue weighted by molar-refractivity contribution is 0.768. The fourth-order valence-electron chi connectivity index (χ4n) is 1.43. The second-order valence-corrected chi connectivity index (χ2v) is 4.34. The van der Waals surface area contributed by atoms with Gasteiger partial charge in [-0.15, -0.1) is 11.3 Å². The van der Waals surface area contributed by atoms with E-state index in [-0.39, 0.29) is 0 Å². The molecule has 15 heavy (non-hydrogen) atoms.